The number of fused-ring (bicyclic) bond motifs is 1. The number of amides is 1. The third-order valence-corrected chi connectivity index (χ3v) is 6.27. The lowest BCUT2D eigenvalue weighted by atomic mass is 9.94. The highest BCUT2D eigenvalue weighted by atomic mass is 79.9. The molecule has 2 atom stereocenters. The van der Waals surface area contributed by atoms with Crippen LogP contribution in [0.4, 0.5) is 0 Å². The van der Waals surface area contributed by atoms with E-state index in [1.807, 2.05) is 52.0 Å². The molecular weight excluding hydrogens is 428 g/mol. The number of amidine groups is 1. The first-order chi connectivity index (χ1) is 12.8. The zero-order chi connectivity index (χ0) is 19.7. The third-order valence-electron chi connectivity index (χ3n) is 4.45. The number of benzene rings is 1. The largest absolute Gasteiger partial charge is 0.462 e. The molecule has 1 aromatic rings. The third kappa shape index (κ3) is 3.99. The average molecular weight is 451 g/mol. The fourth-order valence-electron chi connectivity index (χ4n) is 3.16. The molecule has 0 spiro atoms. The van der Waals surface area contributed by atoms with Gasteiger partial charge in [-0.25, -0.2) is 9.79 Å². The number of hydrogen-bond donors (Lipinski definition) is 0. The molecule has 5 nitrogen and oxygen atoms in total. The Balaban J connectivity index is 2.08. The first-order valence-corrected chi connectivity index (χ1v) is 10.7. The van der Waals surface area contributed by atoms with Gasteiger partial charge in [-0.1, -0.05) is 60.6 Å². The number of ether oxygens (including phenoxy) is 1. The molecule has 1 amide bonds. The summed E-state index contributed by atoms with van der Waals surface area (Å²) in [4.78, 5) is 32.2. The van der Waals surface area contributed by atoms with Gasteiger partial charge in [0.2, 0.25) is 5.91 Å². The molecule has 0 bridgehead atoms. The number of aliphatic imine (C=N–C) groups is 1. The van der Waals surface area contributed by atoms with Crippen molar-refractivity contribution < 1.29 is 14.3 Å². The first kappa shape index (κ1) is 20.1. The maximum absolute atomic E-state index is 13.0. The Morgan fingerprint density at radius 2 is 2.15 bits per heavy atom. The van der Waals surface area contributed by atoms with Gasteiger partial charge in [-0.05, 0) is 37.0 Å². The minimum absolute atomic E-state index is 0.00659. The second-order valence-electron chi connectivity index (χ2n) is 7.07. The lowest BCUT2D eigenvalue weighted by Crippen LogP contribution is -2.41. The van der Waals surface area contributed by atoms with E-state index in [2.05, 4.69) is 20.9 Å². The van der Waals surface area contributed by atoms with Gasteiger partial charge in [-0.3, -0.25) is 9.69 Å². The molecule has 144 valence electrons. The summed E-state index contributed by atoms with van der Waals surface area (Å²) in [7, 11) is 0. The fourth-order valence-corrected chi connectivity index (χ4v) is 4.71. The van der Waals surface area contributed by atoms with Crippen molar-refractivity contribution in [3.8, 4) is 0 Å². The molecule has 2 aliphatic heterocycles. The minimum Gasteiger partial charge on any atom is -0.462 e. The second kappa shape index (κ2) is 8.19. The van der Waals surface area contributed by atoms with Crippen LogP contribution in [0.5, 0.6) is 0 Å². The summed E-state index contributed by atoms with van der Waals surface area (Å²) in [6.45, 7) is 8.11. The quantitative estimate of drug-likeness (QED) is 0.610. The van der Waals surface area contributed by atoms with Crippen molar-refractivity contribution in [2.75, 3.05) is 6.61 Å². The number of esters is 1. The number of nitrogens with zero attached hydrogens (tertiary/aromatic N) is 2. The molecule has 0 unspecified atom stereocenters. The van der Waals surface area contributed by atoms with Crippen LogP contribution in [0.2, 0.25) is 0 Å². The molecule has 27 heavy (non-hydrogen) atoms. The van der Waals surface area contributed by atoms with Gasteiger partial charge >= 0.3 is 5.97 Å². The Kier molecular flexibility index (Phi) is 6.11. The summed E-state index contributed by atoms with van der Waals surface area (Å²) in [6, 6.07) is 7.17. The van der Waals surface area contributed by atoms with E-state index in [9.17, 15) is 9.59 Å². The van der Waals surface area contributed by atoms with E-state index in [1.165, 1.54) is 11.8 Å². The van der Waals surface area contributed by atoms with Crippen molar-refractivity contribution in [2.45, 2.75) is 45.4 Å². The Morgan fingerprint density at radius 3 is 2.78 bits per heavy atom. The molecule has 0 aliphatic carbocycles. The monoisotopic (exact) mass is 450 g/mol. The van der Waals surface area contributed by atoms with Crippen molar-refractivity contribution in [2.24, 2.45) is 10.9 Å². The number of halogens is 1. The van der Waals surface area contributed by atoms with Crippen LogP contribution in [0.1, 0.15) is 45.7 Å². The van der Waals surface area contributed by atoms with Gasteiger partial charge in [0, 0.05) is 4.47 Å². The number of rotatable bonds is 5. The van der Waals surface area contributed by atoms with E-state index in [4.69, 9.17) is 4.74 Å². The van der Waals surface area contributed by atoms with Crippen LogP contribution >= 0.6 is 27.7 Å². The van der Waals surface area contributed by atoms with Gasteiger partial charge in [-0.2, -0.15) is 0 Å². The van der Waals surface area contributed by atoms with Crippen molar-refractivity contribution in [3.63, 3.8) is 0 Å². The lowest BCUT2D eigenvalue weighted by molar-refractivity contribution is -0.141. The average Bonchev–Trinajstić information content (AvgIpc) is 2.93. The molecular formula is C20H23BrN2O3S. The zero-order valence-electron chi connectivity index (χ0n) is 15.9. The van der Waals surface area contributed by atoms with Crippen LogP contribution in [-0.2, 0) is 14.3 Å². The molecule has 0 saturated carbocycles. The maximum Gasteiger partial charge on any atom is 0.338 e. The zero-order valence-corrected chi connectivity index (χ0v) is 18.3. The van der Waals surface area contributed by atoms with Crippen LogP contribution < -0.4 is 0 Å². The van der Waals surface area contributed by atoms with E-state index in [1.54, 1.807) is 4.90 Å². The summed E-state index contributed by atoms with van der Waals surface area (Å²) >= 11 is 4.96. The standard InChI is InChI=1S/C20H23BrN2O3S/c1-5-15-18(24)23-17(13-7-6-8-14(21)9-13)16(12(4)22-20(23)27-15)19(25)26-10-11(2)3/h6-9,11,15,17H,5,10H2,1-4H3/t15-,17-/m1/s1. The molecule has 1 fully saturated rings. The van der Waals surface area contributed by atoms with Gasteiger partial charge in [0.15, 0.2) is 5.17 Å². The lowest BCUT2D eigenvalue weighted by Gasteiger charge is -2.33. The Morgan fingerprint density at radius 1 is 1.41 bits per heavy atom. The predicted octanol–water partition coefficient (Wildman–Crippen LogP) is 4.69. The van der Waals surface area contributed by atoms with Gasteiger partial charge < -0.3 is 4.74 Å². The van der Waals surface area contributed by atoms with Crippen molar-refractivity contribution in [3.05, 3.63) is 45.6 Å². The SMILES string of the molecule is CC[C@H]1SC2=NC(C)=C(C(=O)OCC(C)C)[C@@H](c3cccc(Br)c3)N2C1=O. The normalized spacial score (nSPS) is 22.2. The Labute approximate surface area is 172 Å². The number of hydrogen-bond acceptors (Lipinski definition) is 5. The smallest absolute Gasteiger partial charge is 0.338 e. The number of carbonyl (C=O) groups is 2. The van der Waals surface area contributed by atoms with Crippen molar-refractivity contribution in [1.82, 2.24) is 4.90 Å². The topological polar surface area (TPSA) is 59.0 Å². The number of allylic oxidation sites excluding steroid dienone is 1. The summed E-state index contributed by atoms with van der Waals surface area (Å²) < 4.78 is 6.40. The molecule has 1 aromatic carbocycles. The van der Waals surface area contributed by atoms with Gasteiger partial charge in [0.1, 0.15) is 0 Å². The molecule has 0 N–H and O–H groups in total. The second-order valence-corrected chi connectivity index (χ2v) is 9.15. The van der Waals surface area contributed by atoms with E-state index < -0.39 is 12.0 Å². The minimum atomic E-state index is -0.522. The maximum atomic E-state index is 13.0. The molecule has 1 saturated heterocycles. The van der Waals surface area contributed by atoms with Gasteiger partial charge in [-0.15, -0.1) is 0 Å². The van der Waals surface area contributed by atoms with Gasteiger partial charge in [0.25, 0.3) is 0 Å². The van der Waals surface area contributed by atoms with E-state index in [0.717, 1.165) is 16.5 Å². The molecule has 0 aromatic heterocycles. The first-order valence-electron chi connectivity index (χ1n) is 9.05. The highest BCUT2D eigenvalue weighted by Crippen LogP contribution is 2.44. The summed E-state index contributed by atoms with van der Waals surface area (Å²) in [5, 5.41) is 0.493. The van der Waals surface area contributed by atoms with Crippen LogP contribution in [0, 0.1) is 5.92 Å². The van der Waals surface area contributed by atoms with Crippen molar-refractivity contribution >= 4 is 44.7 Å². The number of thioether (sulfide) groups is 1. The Hall–Kier alpha value is -1.60. The van der Waals surface area contributed by atoms with Crippen molar-refractivity contribution in [1.29, 1.82) is 0 Å². The fraction of sp³-hybridized carbons (Fsp3) is 0.450. The summed E-state index contributed by atoms with van der Waals surface area (Å²) in [5.41, 5.74) is 1.90. The summed E-state index contributed by atoms with van der Waals surface area (Å²) in [6.07, 6.45) is 0.719. The van der Waals surface area contributed by atoms with Crippen LogP contribution in [-0.4, -0.2) is 33.8 Å². The highest BCUT2D eigenvalue weighted by molar-refractivity contribution is 9.10. The van der Waals surface area contributed by atoms with E-state index in [-0.39, 0.29) is 17.1 Å². The van der Waals surface area contributed by atoms with E-state index >= 15 is 0 Å². The summed E-state index contributed by atoms with van der Waals surface area (Å²) in [5.74, 6) is -0.185. The van der Waals surface area contributed by atoms with Crippen LogP contribution in [0.3, 0.4) is 0 Å². The van der Waals surface area contributed by atoms with E-state index in [0.29, 0.717) is 23.0 Å². The highest BCUT2D eigenvalue weighted by Gasteiger charge is 2.47. The molecule has 2 heterocycles. The Bertz CT molecular complexity index is 834. The number of carbonyl (C=O) groups excluding carboxylic acids is 2. The predicted molar refractivity (Wildman–Crippen MR) is 111 cm³/mol. The molecule has 0 radical (unpaired) electrons. The van der Waals surface area contributed by atoms with Gasteiger partial charge in [0.05, 0.1) is 29.2 Å². The molecule has 7 heteroatoms. The molecule has 2 aliphatic rings. The van der Waals surface area contributed by atoms with Crippen LogP contribution in [0.25, 0.3) is 0 Å². The van der Waals surface area contributed by atoms with Crippen LogP contribution in [0.15, 0.2) is 45.0 Å². The molecule has 3 rings (SSSR count).